The lowest BCUT2D eigenvalue weighted by atomic mass is 9.97. The normalized spacial score (nSPS) is 12.3. The first-order chi connectivity index (χ1) is 25.4. The maximum Gasteiger partial charge on any atom is 0.152 e. The van der Waals surface area contributed by atoms with Gasteiger partial charge < -0.3 is 5.32 Å². The molecule has 0 atom stereocenters. The molecule has 0 saturated carbocycles. The highest BCUT2D eigenvalue weighted by atomic mass is 16.1. The van der Waals surface area contributed by atoms with E-state index in [1.165, 1.54) is 36.0 Å². The highest BCUT2D eigenvalue weighted by Crippen LogP contribution is 2.31. The van der Waals surface area contributed by atoms with Crippen LogP contribution in [-0.4, -0.2) is 42.3 Å². The largest absolute Gasteiger partial charge is 0.371 e. The zero-order valence-corrected chi connectivity index (χ0v) is 31.0. The maximum atomic E-state index is 11.1. The van der Waals surface area contributed by atoms with Crippen molar-refractivity contribution in [2.75, 3.05) is 19.4 Å². The smallest absolute Gasteiger partial charge is 0.152 e. The van der Waals surface area contributed by atoms with Crippen LogP contribution >= 0.6 is 0 Å². The van der Waals surface area contributed by atoms with Crippen LogP contribution in [0.5, 0.6) is 0 Å². The molecule has 1 N–H and O–H groups in total. The Morgan fingerprint density at radius 2 is 1.58 bits per heavy atom. The van der Waals surface area contributed by atoms with Crippen molar-refractivity contribution >= 4 is 29.7 Å². The van der Waals surface area contributed by atoms with Crippen LogP contribution in [0, 0.1) is 6.92 Å². The molecule has 1 heterocycles. The third kappa shape index (κ3) is 10.2. The van der Waals surface area contributed by atoms with Crippen LogP contribution in [-0.2, 0) is 24.1 Å². The Morgan fingerprint density at radius 3 is 2.25 bits per heavy atom. The van der Waals surface area contributed by atoms with Crippen molar-refractivity contribution < 1.29 is 4.79 Å². The number of carbonyl (C=O) groups excluding carboxylic acids is 1. The van der Waals surface area contributed by atoms with Gasteiger partial charge in [-0.05, 0) is 89.8 Å². The standard InChI is InChI=1S/C30H28N4.C14H21N3O/c1-34(30(24-11-4-2-5-12-24)25-13-6-3-7-14-25)33-32-31-22-28-15-8-9-18-29(28)27-20-19-23-16-10-17-26(23)21-27;1-5-6-7-16-13-10(2)8-12(9-11(3)18)17-14(13)15-4/h2-9,11-15,18-22,30H,10,16-17H2,1H3;7-8H,5-6,9H2,1-4H3,(H,15,17)/b31-22+,33-32-;. The van der Waals surface area contributed by atoms with E-state index < -0.39 is 0 Å². The second kappa shape index (κ2) is 19.0. The molecular formula is C44H49N7O. The molecule has 1 aliphatic rings. The Bertz CT molecular complexity index is 1970. The van der Waals surface area contributed by atoms with E-state index in [0.717, 1.165) is 57.9 Å². The molecular weight excluding hydrogens is 643 g/mol. The fourth-order valence-corrected chi connectivity index (χ4v) is 6.43. The summed E-state index contributed by atoms with van der Waals surface area (Å²) < 4.78 is 0. The van der Waals surface area contributed by atoms with E-state index in [9.17, 15) is 4.79 Å². The van der Waals surface area contributed by atoms with Crippen molar-refractivity contribution in [1.29, 1.82) is 0 Å². The summed E-state index contributed by atoms with van der Waals surface area (Å²) in [7, 11) is 3.75. The number of benzene rings is 4. The first kappa shape index (κ1) is 37.5. The number of aromatic nitrogens is 1. The fraction of sp³-hybridized carbons (Fsp3) is 0.273. The van der Waals surface area contributed by atoms with Gasteiger partial charge in [0.05, 0.1) is 18.0 Å². The van der Waals surface area contributed by atoms with Crippen molar-refractivity contribution in [2.45, 2.75) is 65.3 Å². The van der Waals surface area contributed by atoms with Crippen molar-refractivity contribution in [2.24, 2.45) is 20.5 Å². The molecule has 8 heteroatoms. The zero-order chi connectivity index (χ0) is 36.7. The lowest BCUT2D eigenvalue weighted by molar-refractivity contribution is -0.116. The van der Waals surface area contributed by atoms with Gasteiger partial charge >= 0.3 is 0 Å². The minimum Gasteiger partial charge on any atom is -0.371 e. The number of nitrogens with zero attached hydrogens (tertiary/aromatic N) is 6. The average Bonchev–Trinajstić information content (AvgIpc) is 3.64. The molecule has 0 aliphatic heterocycles. The Kier molecular flexibility index (Phi) is 13.7. The lowest BCUT2D eigenvalue weighted by Gasteiger charge is -2.25. The number of aliphatic imine (C=N–C) groups is 1. The fourth-order valence-electron chi connectivity index (χ4n) is 6.43. The minimum absolute atomic E-state index is 0.0416. The highest BCUT2D eigenvalue weighted by molar-refractivity contribution is 5.90. The average molecular weight is 692 g/mol. The van der Waals surface area contributed by atoms with Crippen molar-refractivity contribution in [3.05, 3.63) is 148 Å². The second-order valence-electron chi connectivity index (χ2n) is 13.0. The van der Waals surface area contributed by atoms with Gasteiger partial charge in [0, 0.05) is 32.3 Å². The Labute approximate surface area is 308 Å². The molecule has 0 amide bonds. The number of ketones is 1. The van der Waals surface area contributed by atoms with Crippen LogP contribution in [0.25, 0.3) is 11.1 Å². The summed E-state index contributed by atoms with van der Waals surface area (Å²) in [6.45, 7) is 5.68. The molecule has 8 nitrogen and oxygen atoms in total. The molecule has 0 unspecified atom stereocenters. The number of anilines is 1. The van der Waals surface area contributed by atoms with Crippen LogP contribution in [0.1, 0.15) is 78.2 Å². The number of hydrogen-bond donors (Lipinski definition) is 1. The summed E-state index contributed by atoms with van der Waals surface area (Å²) in [4.78, 5) is 20.0. The molecule has 1 aliphatic carbocycles. The van der Waals surface area contributed by atoms with E-state index >= 15 is 0 Å². The number of carbonyl (C=O) groups is 1. The van der Waals surface area contributed by atoms with Crippen LogP contribution in [0.3, 0.4) is 0 Å². The van der Waals surface area contributed by atoms with Crippen LogP contribution in [0.2, 0.25) is 0 Å². The van der Waals surface area contributed by atoms with Gasteiger partial charge in [-0.3, -0.25) is 14.8 Å². The van der Waals surface area contributed by atoms with Crippen LogP contribution in [0.4, 0.5) is 11.5 Å². The molecule has 4 aromatic carbocycles. The highest BCUT2D eigenvalue weighted by Gasteiger charge is 2.18. The summed E-state index contributed by atoms with van der Waals surface area (Å²) in [6.07, 6.45) is 9.72. The zero-order valence-electron chi connectivity index (χ0n) is 31.0. The summed E-state index contributed by atoms with van der Waals surface area (Å²) in [5, 5.41) is 17.8. The van der Waals surface area contributed by atoms with Crippen molar-refractivity contribution in [1.82, 2.24) is 9.99 Å². The van der Waals surface area contributed by atoms with Gasteiger partial charge in [0.2, 0.25) is 0 Å². The number of nitrogens with one attached hydrogen (secondary N) is 1. The molecule has 266 valence electrons. The predicted octanol–water partition coefficient (Wildman–Crippen LogP) is 10.3. The summed E-state index contributed by atoms with van der Waals surface area (Å²) in [6, 6.07) is 37.7. The van der Waals surface area contributed by atoms with Crippen LogP contribution in [0.15, 0.2) is 130 Å². The molecule has 0 bridgehead atoms. The molecule has 0 saturated heterocycles. The number of aryl methyl sites for hydroxylation is 3. The first-order valence-electron chi connectivity index (χ1n) is 18.1. The van der Waals surface area contributed by atoms with Gasteiger partial charge in [0.15, 0.2) is 5.82 Å². The molecule has 0 radical (unpaired) electrons. The van der Waals surface area contributed by atoms with Crippen molar-refractivity contribution in [3.8, 4) is 11.1 Å². The lowest BCUT2D eigenvalue weighted by Crippen LogP contribution is -2.19. The van der Waals surface area contributed by atoms with E-state index in [1.807, 2.05) is 80.8 Å². The number of Topliss-reactive ketones (excluding diaryl/α,β-unsaturated/α-hetero) is 1. The molecule has 1 aromatic heterocycles. The predicted molar refractivity (Wildman–Crippen MR) is 215 cm³/mol. The van der Waals surface area contributed by atoms with Crippen LogP contribution < -0.4 is 5.32 Å². The van der Waals surface area contributed by atoms with E-state index in [0.29, 0.717) is 6.42 Å². The minimum atomic E-state index is -0.0416. The van der Waals surface area contributed by atoms with Gasteiger partial charge in [0.1, 0.15) is 11.5 Å². The van der Waals surface area contributed by atoms with Crippen molar-refractivity contribution in [3.63, 3.8) is 0 Å². The van der Waals surface area contributed by atoms with E-state index in [-0.39, 0.29) is 11.8 Å². The molecule has 0 spiro atoms. The molecule has 6 rings (SSSR count). The van der Waals surface area contributed by atoms with Gasteiger partial charge in [0.25, 0.3) is 0 Å². The van der Waals surface area contributed by atoms with Gasteiger partial charge in [-0.1, -0.05) is 122 Å². The number of unbranched alkanes of at least 4 members (excludes halogenated alkanes) is 1. The summed E-state index contributed by atoms with van der Waals surface area (Å²) >= 11 is 0. The second-order valence-corrected chi connectivity index (χ2v) is 13.0. The Balaban J connectivity index is 0.000000246. The van der Waals surface area contributed by atoms with Gasteiger partial charge in [-0.2, -0.15) is 0 Å². The molecule has 52 heavy (non-hydrogen) atoms. The van der Waals surface area contributed by atoms with E-state index in [4.69, 9.17) is 0 Å². The van der Waals surface area contributed by atoms with Gasteiger partial charge in [-0.25, -0.2) is 4.98 Å². The monoisotopic (exact) mass is 691 g/mol. The Hall–Kier alpha value is -5.76. The Morgan fingerprint density at radius 1 is 0.904 bits per heavy atom. The number of pyridine rings is 1. The third-order valence-corrected chi connectivity index (χ3v) is 8.95. The third-order valence-electron chi connectivity index (χ3n) is 8.95. The van der Waals surface area contributed by atoms with E-state index in [2.05, 4.69) is 98.4 Å². The molecule has 0 fully saturated rings. The summed E-state index contributed by atoms with van der Waals surface area (Å²) in [5.41, 5.74) is 11.4. The number of hydrogen-bond acceptors (Lipinski definition) is 6. The quantitative estimate of drug-likeness (QED) is 0.0755. The first-order valence-corrected chi connectivity index (χ1v) is 18.1. The maximum absolute atomic E-state index is 11.1. The van der Waals surface area contributed by atoms with Gasteiger partial charge in [-0.15, -0.1) is 5.10 Å². The SMILES string of the molecule is CCCC=Nc1c(C)cc(CC(C)=O)nc1NC.CN(/N=N\N=C\c1ccccc1-c1ccc2c(c1)CCC2)C(c1ccccc1)c1ccccc1. The number of fused-ring (bicyclic) bond motifs is 1. The number of rotatable bonds is 13. The van der Waals surface area contributed by atoms with E-state index in [1.54, 1.807) is 13.1 Å². The summed E-state index contributed by atoms with van der Waals surface area (Å²) in [5.74, 6) is 0.852. The topological polar surface area (TPSA) is 94.7 Å². The molecule has 5 aromatic rings.